The molecule has 100 valence electrons. The Bertz CT molecular complexity index is 363. The molecule has 2 N–H and O–H groups in total. The van der Waals surface area contributed by atoms with Crippen molar-refractivity contribution in [3.8, 4) is 0 Å². The van der Waals surface area contributed by atoms with E-state index >= 15 is 0 Å². The van der Waals surface area contributed by atoms with Crippen LogP contribution in [-0.2, 0) is 5.54 Å². The van der Waals surface area contributed by atoms with Crippen LogP contribution in [0.1, 0.15) is 45.1 Å². The fourth-order valence-electron chi connectivity index (χ4n) is 3.11. The van der Waals surface area contributed by atoms with Crippen molar-refractivity contribution in [1.82, 2.24) is 5.32 Å². The minimum atomic E-state index is 0.0823. The van der Waals surface area contributed by atoms with Crippen LogP contribution in [0.15, 0.2) is 30.3 Å². The number of nitrogens with one attached hydrogen (secondary N) is 1. The van der Waals surface area contributed by atoms with Crippen LogP contribution in [0.3, 0.4) is 0 Å². The first-order chi connectivity index (χ1) is 8.68. The molecule has 2 nitrogen and oxygen atoms in total. The molecule has 1 saturated heterocycles. The molecule has 2 atom stereocenters. The molecule has 0 saturated carbocycles. The first-order valence-corrected chi connectivity index (χ1v) is 7.12. The molecular formula is C16H25NO. The van der Waals surface area contributed by atoms with Gasteiger partial charge in [-0.2, -0.15) is 0 Å². The Morgan fingerprint density at radius 2 is 2.06 bits per heavy atom. The van der Waals surface area contributed by atoms with E-state index in [0.717, 1.165) is 12.8 Å². The average Bonchev–Trinajstić information content (AvgIpc) is 2.83. The topological polar surface area (TPSA) is 32.3 Å². The number of rotatable bonds is 5. The van der Waals surface area contributed by atoms with Crippen molar-refractivity contribution in [1.29, 1.82) is 0 Å². The predicted molar refractivity (Wildman–Crippen MR) is 75.4 cm³/mol. The number of hydrogen-bond donors (Lipinski definition) is 2. The SMILES string of the molecule is CC(C)[C@@H]1CC[C@](CCCO)(c2ccccc2)N1. The minimum absolute atomic E-state index is 0.0823. The van der Waals surface area contributed by atoms with Crippen LogP contribution in [0.25, 0.3) is 0 Å². The summed E-state index contributed by atoms with van der Waals surface area (Å²) in [4.78, 5) is 0. The third kappa shape index (κ3) is 2.76. The molecule has 0 aliphatic carbocycles. The normalized spacial score (nSPS) is 27.9. The molecule has 0 amide bonds. The van der Waals surface area contributed by atoms with Gasteiger partial charge in [0.2, 0.25) is 0 Å². The molecular weight excluding hydrogens is 222 g/mol. The number of aliphatic hydroxyl groups is 1. The third-order valence-corrected chi connectivity index (χ3v) is 4.24. The van der Waals surface area contributed by atoms with Crippen molar-refractivity contribution < 1.29 is 5.11 Å². The molecule has 0 spiro atoms. The van der Waals surface area contributed by atoms with E-state index in [4.69, 9.17) is 5.11 Å². The summed E-state index contributed by atoms with van der Waals surface area (Å²) in [5.41, 5.74) is 1.46. The standard InChI is InChI=1S/C16H25NO/c1-13(2)15-9-11-16(17-15,10-6-12-18)14-7-4-3-5-8-14/h3-5,7-8,13,15,17-18H,6,9-12H2,1-2H3/t15-,16+/m0/s1. The molecule has 2 rings (SSSR count). The smallest absolute Gasteiger partial charge is 0.0438 e. The molecule has 1 aromatic rings. The molecule has 1 fully saturated rings. The molecule has 1 heterocycles. The van der Waals surface area contributed by atoms with E-state index in [1.165, 1.54) is 18.4 Å². The van der Waals surface area contributed by atoms with E-state index in [9.17, 15) is 0 Å². The molecule has 0 radical (unpaired) electrons. The number of benzene rings is 1. The first-order valence-electron chi connectivity index (χ1n) is 7.12. The van der Waals surface area contributed by atoms with Gasteiger partial charge in [-0.05, 0) is 37.2 Å². The quantitative estimate of drug-likeness (QED) is 0.838. The van der Waals surface area contributed by atoms with Gasteiger partial charge >= 0.3 is 0 Å². The van der Waals surface area contributed by atoms with Gasteiger partial charge in [0.25, 0.3) is 0 Å². The Hall–Kier alpha value is -0.860. The highest BCUT2D eigenvalue weighted by Gasteiger charge is 2.39. The second kappa shape index (κ2) is 5.85. The largest absolute Gasteiger partial charge is 0.396 e. The summed E-state index contributed by atoms with van der Waals surface area (Å²) >= 11 is 0. The Labute approximate surface area is 110 Å². The summed E-state index contributed by atoms with van der Waals surface area (Å²) in [6.45, 7) is 4.85. The van der Waals surface area contributed by atoms with Crippen molar-refractivity contribution in [3.05, 3.63) is 35.9 Å². The van der Waals surface area contributed by atoms with Crippen molar-refractivity contribution in [2.24, 2.45) is 5.92 Å². The van der Waals surface area contributed by atoms with E-state index < -0.39 is 0 Å². The van der Waals surface area contributed by atoms with Crippen LogP contribution in [-0.4, -0.2) is 17.8 Å². The van der Waals surface area contributed by atoms with Crippen LogP contribution < -0.4 is 5.32 Å². The van der Waals surface area contributed by atoms with E-state index in [0.29, 0.717) is 12.0 Å². The van der Waals surface area contributed by atoms with E-state index in [2.05, 4.69) is 49.5 Å². The lowest BCUT2D eigenvalue weighted by molar-refractivity contribution is 0.243. The minimum Gasteiger partial charge on any atom is -0.396 e. The molecule has 1 aliphatic heterocycles. The van der Waals surface area contributed by atoms with E-state index in [-0.39, 0.29) is 12.1 Å². The molecule has 18 heavy (non-hydrogen) atoms. The molecule has 0 aromatic heterocycles. The summed E-state index contributed by atoms with van der Waals surface area (Å²) < 4.78 is 0. The van der Waals surface area contributed by atoms with Gasteiger partial charge in [0.1, 0.15) is 0 Å². The van der Waals surface area contributed by atoms with Crippen LogP contribution in [0.5, 0.6) is 0 Å². The maximum Gasteiger partial charge on any atom is 0.0438 e. The van der Waals surface area contributed by atoms with Crippen molar-refractivity contribution in [2.45, 2.75) is 51.1 Å². The highest BCUT2D eigenvalue weighted by molar-refractivity contribution is 5.26. The summed E-state index contributed by atoms with van der Waals surface area (Å²) in [6, 6.07) is 11.3. The monoisotopic (exact) mass is 247 g/mol. The molecule has 1 aromatic carbocycles. The maximum atomic E-state index is 9.14. The first kappa shape index (κ1) is 13.6. The predicted octanol–water partition coefficient (Wildman–Crippen LogP) is 3.06. The zero-order valence-electron chi connectivity index (χ0n) is 11.5. The molecule has 1 aliphatic rings. The van der Waals surface area contributed by atoms with Gasteiger partial charge in [-0.15, -0.1) is 0 Å². The summed E-state index contributed by atoms with van der Waals surface area (Å²) in [5.74, 6) is 0.671. The second-order valence-corrected chi connectivity index (χ2v) is 5.81. The van der Waals surface area contributed by atoms with Gasteiger partial charge < -0.3 is 10.4 Å². The van der Waals surface area contributed by atoms with Crippen molar-refractivity contribution in [3.63, 3.8) is 0 Å². The Morgan fingerprint density at radius 3 is 2.61 bits per heavy atom. The molecule has 0 bridgehead atoms. The van der Waals surface area contributed by atoms with Gasteiger partial charge in [0, 0.05) is 18.2 Å². The summed E-state index contributed by atoms with van der Waals surface area (Å²) in [5, 5.41) is 13.0. The number of aliphatic hydroxyl groups excluding tert-OH is 1. The van der Waals surface area contributed by atoms with Gasteiger partial charge in [0.15, 0.2) is 0 Å². The van der Waals surface area contributed by atoms with Gasteiger partial charge in [0.05, 0.1) is 0 Å². The molecule has 0 unspecified atom stereocenters. The Kier molecular flexibility index (Phi) is 4.41. The highest BCUT2D eigenvalue weighted by atomic mass is 16.2. The lowest BCUT2D eigenvalue weighted by atomic mass is 9.84. The third-order valence-electron chi connectivity index (χ3n) is 4.24. The Balaban J connectivity index is 2.20. The zero-order chi connectivity index (χ0) is 13.0. The maximum absolute atomic E-state index is 9.14. The highest BCUT2D eigenvalue weighted by Crippen LogP contribution is 2.39. The Morgan fingerprint density at radius 1 is 1.33 bits per heavy atom. The molecule has 2 heteroatoms. The van der Waals surface area contributed by atoms with Crippen LogP contribution in [0.2, 0.25) is 0 Å². The zero-order valence-corrected chi connectivity index (χ0v) is 11.5. The van der Waals surface area contributed by atoms with Crippen LogP contribution in [0, 0.1) is 5.92 Å². The van der Waals surface area contributed by atoms with E-state index in [1.807, 2.05) is 0 Å². The summed E-state index contributed by atoms with van der Waals surface area (Å²) in [7, 11) is 0. The van der Waals surface area contributed by atoms with Crippen LogP contribution >= 0.6 is 0 Å². The van der Waals surface area contributed by atoms with Crippen molar-refractivity contribution in [2.75, 3.05) is 6.61 Å². The van der Waals surface area contributed by atoms with Gasteiger partial charge in [-0.25, -0.2) is 0 Å². The van der Waals surface area contributed by atoms with Crippen LogP contribution in [0.4, 0.5) is 0 Å². The van der Waals surface area contributed by atoms with E-state index in [1.54, 1.807) is 0 Å². The second-order valence-electron chi connectivity index (χ2n) is 5.81. The number of hydrogen-bond acceptors (Lipinski definition) is 2. The van der Waals surface area contributed by atoms with Gasteiger partial charge in [-0.1, -0.05) is 44.2 Å². The fraction of sp³-hybridized carbons (Fsp3) is 0.625. The van der Waals surface area contributed by atoms with Gasteiger partial charge in [-0.3, -0.25) is 0 Å². The average molecular weight is 247 g/mol. The summed E-state index contributed by atoms with van der Waals surface area (Å²) in [6.07, 6.45) is 4.31. The fourth-order valence-corrected chi connectivity index (χ4v) is 3.11. The lowest BCUT2D eigenvalue weighted by Crippen LogP contribution is -2.42. The lowest BCUT2D eigenvalue weighted by Gasteiger charge is -2.32. The van der Waals surface area contributed by atoms with Crippen molar-refractivity contribution >= 4 is 0 Å².